The number of esters is 1. The van der Waals surface area contributed by atoms with Crippen molar-refractivity contribution in [1.29, 1.82) is 0 Å². The molecule has 124 valence electrons. The summed E-state index contributed by atoms with van der Waals surface area (Å²) in [5.41, 5.74) is 0.925. The standard InChI is InChI=1S/C16H19NO4S2/c1-21-14(18)13-9-16(22-7-8-23-16)11-17(13,15(19)20)10-12-5-3-2-4-6-12/h2-6,13H,7-11H2,1H3/p+1/t13-,17?/m0/s1. The van der Waals surface area contributed by atoms with Crippen LogP contribution < -0.4 is 0 Å². The molecule has 1 spiro atoms. The predicted octanol–water partition coefficient (Wildman–Crippen LogP) is 2.80. The zero-order valence-corrected chi connectivity index (χ0v) is 14.6. The minimum absolute atomic E-state index is 0.188. The molecule has 2 atom stereocenters. The van der Waals surface area contributed by atoms with Gasteiger partial charge in [0.2, 0.25) is 0 Å². The van der Waals surface area contributed by atoms with Gasteiger partial charge in [-0.3, -0.25) is 0 Å². The van der Waals surface area contributed by atoms with Crippen LogP contribution in [-0.2, 0) is 16.1 Å². The van der Waals surface area contributed by atoms with Crippen LogP contribution in [0.5, 0.6) is 0 Å². The largest absolute Gasteiger partial charge is 0.514 e. The zero-order chi connectivity index (χ0) is 16.5. The minimum atomic E-state index is -0.950. The van der Waals surface area contributed by atoms with Gasteiger partial charge in [-0.15, -0.1) is 23.5 Å². The molecule has 0 aliphatic carbocycles. The van der Waals surface area contributed by atoms with Crippen molar-refractivity contribution in [1.82, 2.24) is 0 Å². The highest BCUT2D eigenvalue weighted by atomic mass is 32.2. The Bertz CT molecular complexity index is 603. The second kappa shape index (κ2) is 6.37. The summed E-state index contributed by atoms with van der Waals surface area (Å²) in [5.74, 6) is 1.58. The highest BCUT2D eigenvalue weighted by molar-refractivity contribution is 8.21. The van der Waals surface area contributed by atoms with E-state index in [-0.39, 0.29) is 8.56 Å². The van der Waals surface area contributed by atoms with Crippen LogP contribution in [0.1, 0.15) is 12.0 Å². The summed E-state index contributed by atoms with van der Waals surface area (Å²) in [6, 6.07) is 8.86. The number of ether oxygens (including phenoxy) is 1. The van der Waals surface area contributed by atoms with E-state index in [4.69, 9.17) is 4.74 Å². The van der Waals surface area contributed by atoms with Crippen LogP contribution >= 0.6 is 23.5 Å². The smallest absolute Gasteiger partial charge is 0.465 e. The molecule has 0 bridgehead atoms. The van der Waals surface area contributed by atoms with Gasteiger partial charge in [0.05, 0.1) is 7.11 Å². The fraction of sp³-hybridized carbons (Fsp3) is 0.500. The fourth-order valence-corrected chi connectivity index (χ4v) is 6.98. The van der Waals surface area contributed by atoms with E-state index >= 15 is 0 Å². The van der Waals surface area contributed by atoms with Gasteiger partial charge in [0.25, 0.3) is 0 Å². The topological polar surface area (TPSA) is 63.6 Å². The average molecular weight is 354 g/mol. The number of thioether (sulfide) groups is 2. The molecule has 2 heterocycles. The molecule has 1 N–H and O–H groups in total. The monoisotopic (exact) mass is 354 g/mol. The molecule has 7 heteroatoms. The van der Waals surface area contributed by atoms with Crippen LogP contribution in [0.2, 0.25) is 0 Å². The first-order valence-corrected chi connectivity index (χ1v) is 9.48. The molecule has 1 amide bonds. The van der Waals surface area contributed by atoms with E-state index in [0.29, 0.717) is 19.5 Å². The SMILES string of the molecule is COC(=O)[C@@H]1CC2(C[N+]1(Cc1ccccc1)C(=O)O)SCCS2. The van der Waals surface area contributed by atoms with Gasteiger partial charge in [0.15, 0.2) is 6.04 Å². The molecule has 1 unspecified atom stereocenters. The molecule has 2 saturated heterocycles. The summed E-state index contributed by atoms with van der Waals surface area (Å²) < 4.78 is 4.49. The van der Waals surface area contributed by atoms with Crippen molar-refractivity contribution in [3.05, 3.63) is 35.9 Å². The van der Waals surface area contributed by atoms with E-state index < -0.39 is 18.1 Å². The van der Waals surface area contributed by atoms with Crippen molar-refractivity contribution in [2.45, 2.75) is 23.1 Å². The molecule has 3 rings (SSSR count). The number of likely N-dealkylation sites (tertiary alicyclic amines) is 1. The van der Waals surface area contributed by atoms with E-state index in [2.05, 4.69) is 0 Å². The maximum atomic E-state index is 12.3. The van der Waals surface area contributed by atoms with Gasteiger partial charge in [0.1, 0.15) is 17.2 Å². The van der Waals surface area contributed by atoms with Crippen molar-refractivity contribution in [2.24, 2.45) is 0 Å². The number of carbonyl (C=O) groups excluding carboxylic acids is 1. The second-order valence-corrected chi connectivity index (χ2v) is 9.18. The summed E-state index contributed by atoms with van der Waals surface area (Å²) >= 11 is 3.58. The van der Waals surface area contributed by atoms with Crippen LogP contribution in [0, 0.1) is 0 Å². The molecule has 2 aliphatic rings. The van der Waals surface area contributed by atoms with Gasteiger partial charge in [-0.1, -0.05) is 30.3 Å². The van der Waals surface area contributed by atoms with Crippen molar-refractivity contribution in [3.8, 4) is 0 Å². The predicted molar refractivity (Wildman–Crippen MR) is 91.4 cm³/mol. The van der Waals surface area contributed by atoms with Crippen LogP contribution in [0.3, 0.4) is 0 Å². The lowest BCUT2D eigenvalue weighted by Crippen LogP contribution is -2.58. The Morgan fingerprint density at radius 2 is 1.96 bits per heavy atom. The van der Waals surface area contributed by atoms with E-state index in [0.717, 1.165) is 17.1 Å². The molecule has 0 saturated carbocycles. The van der Waals surface area contributed by atoms with Crippen LogP contribution in [0.15, 0.2) is 30.3 Å². The highest BCUT2D eigenvalue weighted by Crippen LogP contribution is 2.54. The summed E-state index contributed by atoms with van der Waals surface area (Å²) in [7, 11) is 1.33. The quantitative estimate of drug-likeness (QED) is 0.665. The lowest BCUT2D eigenvalue weighted by atomic mass is 10.1. The second-order valence-electron chi connectivity index (χ2n) is 5.97. The van der Waals surface area contributed by atoms with Crippen molar-refractivity contribution < 1.29 is 23.9 Å². The van der Waals surface area contributed by atoms with Gasteiger partial charge >= 0.3 is 12.1 Å². The Balaban J connectivity index is 2.00. The molecule has 1 aromatic rings. The molecule has 23 heavy (non-hydrogen) atoms. The number of methoxy groups -OCH3 is 1. The first-order valence-electron chi connectivity index (χ1n) is 7.51. The number of quaternary nitrogens is 1. The summed E-state index contributed by atoms with van der Waals surface area (Å²) in [6.45, 7) is 0.755. The minimum Gasteiger partial charge on any atom is -0.465 e. The average Bonchev–Trinajstić information content (AvgIpc) is 3.13. The Morgan fingerprint density at radius 1 is 1.30 bits per heavy atom. The number of rotatable bonds is 3. The van der Waals surface area contributed by atoms with Gasteiger partial charge in [-0.2, -0.15) is 4.79 Å². The molecular formula is C16H20NO4S2+. The first-order chi connectivity index (χ1) is 11.0. The van der Waals surface area contributed by atoms with E-state index in [1.54, 1.807) is 23.5 Å². The Labute approximate surface area is 144 Å². The number of benzene rings is 1. The van der Waals surface area contributed by atoms with Gasteiger partial charge in [0, 0.05) is 23.5 Å². The molecule has 2 fully saturated rings. The fourth-order valence-electron chi connectivity index (χ4n) is 3.55. The normalized spacial score (nSPS) is 28.8. The van der Waals surface area contributed by atoms with Crippen molar-refractivity contribution in [3.63, 3.8) is 0 Å². The van der Waals surface area contributed by atoms with E-state index in [1.165, 1.54) is 7.11 Å². The number of amides is 1. The van der Waals surface area contributed by atoms with E-state index in [9.17, 15) is 14.7 Å². The molecular weight excluding hydrogens is 334 g/mol. The van der Waals surface area contributed by atoms with Gasteiger partial charge in [-0.05, 0) is 0 Å². The molecule has 2 aliphatic heterocycles. The third-order valence-electron chi connectivity index (χ3n) is 4.60. The number of carbonyl (C=O) groups is 2. The first kappa shape index (κ1) is 16.7. The Morgan fingerprint density at radius 3 is 2.52 bits per heavy atom. The summed E-state index contributed by atoms with van der Waals surface area (Å²) in [6.07, 6.45) is -0.400. The maximum absolute atomic E-state index is 12.3. The van der Waals surface area contributed by atoms with Gasteiger partial charge in [-0.25, -0.2) is 9.28 Å². The van der Waals surface area contributed by atoms with E-state index in [1.807, 2.05) is 30.3 Å². The lowest BCUT2D eigenvalue weighted by Gasteiger charge is -2.33. The molecule has 5 nitrogen and oxygen atoms in total. The third-order valence-corrected chi connectivity index (χ3v) is 8.03. The molecule has 0 radical (unpaired) electrons. The van der Waals surface area contributed by atoms with Crippen LogP contribution in [0.4, 0.5) is 4.79 Å². The van der Waals surface area contributed by atoms with Gasteiger partial charge < -0.3 is 9.84 Å². The third kappa shape index (κ3) is 2.97. The molecule has 0 aromatic heterocycles. The number of hydrogen-bond acceptors (Lipinski definition) is 5. The van der Waals surface area contributed by atoms with Crippen LogP contribution in [-0.4, -0.2) is 56.9 Å². The zero-order valence-electron chi connectivity index (χ0n) is 12.9. The van der Waals surface area contributed by atoms with Crippen molar-refractivity contribution in [2.75, 3.05) is 25.2 Å². The summed E-state index contributed by atoms with van der Waals surface area (Å²) in [4.78, 5) is 24.6. The Hall–Kier alpha value is -1.18. The number of carboxylic acid groups (broad SMARTS) is 1. The number of nitrogens with zero attached hydrogens (tertiary/aromatic N) is 1. The van der Waals surface area contributed by atoms with Crippen LogP contribution in [0.25, 0.3) is 0 Å². The highest BCUT2D eigenvalue weighted by Gasteiger charge is 2.64. The number of hydrogen-bond donors (Lipinski definition) is 1. The maximum Gasteiger partial charge on any atom is 0.514 e. The summed E-state index contributed by atoms with van der Waals surface area (Å²) in [5, 5.41) is 10.0. The molecule has 1 aromatic carbocycles. The van der Waals surface area contributed by atoms with Crippen molar-refractivity contribution >= 4 is 35.6 Å². The lowest BCUT2D eigenvalue weighted by molar-refractivity contribution is -0.874. The Kier molecular flexibility index (Phi) is 4.62.